The second-order valence-corrected chi connectivity index (χ2v) is 4.05. The maximum absolute atomic E-state index is 11.7. The predicted octanol–water partition coefficient (Wildman–Crippen LogP) is 2.70. The van der Waals surface area contributed by atoms with Crippen molar-refractivity contribution in [1.29, 1.82) is 0 Å². The third-order valence-electron chi connectivity index (χ3n) is 2.76. The van der Waals surface area contributed by atoms with Crippen LogP contribution in [-0.4, -0.2) is 17.9 Å². The number of nitro groups is 1. The highest BCUT2D eigenvalue weighted by Crippen LogP contribution is 2.22. The van der Waals surface area contributed by atoms with Crippen molar-refractivity contribution in [3.8, 4) is 0 Å². The fourth-order valence-corrected chi connectivity index (χ4v) is 1.75. The Balaban J connectivity index is 2.26. The minimum absolute atomic E-state index is 0.0233. The van der Waals surface area contributed by atoms with Gasteiger partial charge in [-0.05, 0) is 24.3 Å². The Bertz CT molecular complexity index is 638. The van der Waals surface area contributed by atoms with Crippen LogP contribution in [0.2, 0.25) is 0 Å². The van der Waals surface area contributed by atoms with Crippen LogP contribution in [0, 0.1) is 10.1 Å². The summed E-state index contributed by atoms with van der Waals surface area (Å²) in [6.45, 7) is 0. The van der Waals surface area contributed by atoms with Gasteiger partial charge in [0.1, 0.15) is 0 Å². The standard InChI is InChI=1S/C14H13N3O3/c1-15-14(18)12-4-2-3-5-13(12)16-10-6-8-11(9-7-10)17(19)20/h2-9,16H,1H3,(H,15,18). The summed E-state index contributed by atoms with van der Waals surface area (Å²) in [4.78, 5) is 21.9. The first-order valence-corrected chi connectivity index (χ1v) is 5.94. The molecule has 0 bridgehead atoms. The first kappa shape index (κ1) is 13.5. The second kappa shape index (κ2) is 5.83. The molecule has 6 nitrogen and oxygen atoms in total. The monoisotopic (exact) mass is 271 g/mol. The van der Waals surface area contributed by atoms with Gasteiger partial charge in [0, 0.05) is 24.9 Å². The maximum atomic E-state index is 11.7. The highest BCUT2D eigenvalue weighted by molar-refractivity contribution is 6.00. The third-order valence-corrected chi connectivity index (χ3v) is 2.76. The quantitative estimate of drug-likeness (QED) is 0.661. The van der Waals surface area contributed by atoms with Crippen LogP contribution < -0.4 is 10.6 Å². The van der Waals surface area contributed by atoms with Gasteiger partial charge in [-0.1, -0.05) is 12.1 Å². The number of benzene rings is 2. The van der Waals surface area contributed by atoms with Gasteiger partial charge in [-0.15, -0.1) is 0 Å². The predicted molar refractivity (Wildman–Crippen MR) is 76.2 cm³/mol. The van der Waals surface area contributed by atoms with Crippen molar-refractivity contribution in [1.82, 2.24) is 5.32 Å². The SMILES string of the molecule is CNC(=O)c1ccccc1Nc1ccc([N+](=O)[O-])cc1. The van der Waals surface area contributed by atoms with E-state index in [1.807, 2.05) is 0 Å². The molecular formula is C14H13N3O3. The van der Waals surface area contributed by atoms with Crippen molar-refractivity contribution in [3.63, 3.8) is 0 Å². The normalized spacial score (nSPS) is 9.85. The summed E-state index contributed by atoms with van der Waals surface area (Å²) in [6.07, 6.45) is 0. The molecule has 0 aliphatic heterocycles. The first-order valence-electron chi connectivity index (χ1n) is 5.94. The molecule has 0 heterocycles. The zero-order chi connectivity index (χ0) is 14.5. The Morgan fingerprint density at radius 2 is 1.75 bits per heavy atom. The molecule has 0 aliphatic rings. The Kier molecular flexibility index (Phi) is 3.95. The fraction of sp³-hybridized carbons (Fsp3) is 0.0714. The van der Waals surface area contributed by atoms with Gasteiger partial charge in [-0.25, -0.2) is 0 Å². The molecule has 0 fully saturated rings. The molecule has 1 amide bonds. The van der Waals surface area contributed by atoms with E-state index in [0.29, 0.717) is 16.9 Å². The number of hydrogen-bond acceptors (Lipinski definition) is 4. The summed E-state index contributed by atoms with van der Waals surface area (Å²) in [5.74, 6) is -0.199. The number of nitrogens with zero attached hydrogens (tertiary/aromatic N) is 1. The van der Waals surface area contributed by atoms with Crippen molar-refractivity contribution < 1.29 is 9.72 Å². The number of hydrogen-bond donors (Lipinski definition) is 2. The molecule has 0 radical (unpaired) electrons. The molecule has 0 unspecified atom stereocenters. The molecule has 2 N–H and O–H groups in total. The molecule has 0 aromatic heterocycles. The van der Waals surface area contributed by atoms with Gasteiger partial charge < -0.3 is 10.6 Å². The summed E-state index contributed by atoms with van der Waals surface area (Å²) in [6, 6.07) is 13.1. The topological polar surface area (TPSA) is 84.3 Å². The Morgan fingerprint density at radius 3 is 2.35 bits per heavy atom. The second-order valence-electron chi connectivity index (χ2n) is 4.05. The van der Waals surface area contributed by atoms with E-state index in [4.69, 9.17) is 0 Å². The van der Waals surface area contributed by atoms with Crippen molar-refractivity contribution in [3.05, 3.63) is 64.2 Å². The Labute approximate surface area is 115 Å². The van der Waals surface area contributed by atoms with Gasteiger partial charge in [-0.3, -0.25) is 14.9 Å². The van der Waals surface area contributed by atoms with E-state index in [1.54, 1.807) is 43.4 Å². The van der Waals surface area contributed by atoms with Crippen LogP contribution in [0.1, 0.15) is 10.4 Å². The van der Waals surface area contributed by atoms with E-state index in [0.717, 1.165) is 0 Å². The number of para-hydroxylation sites is 1. The highest BCUT2D eigenvalue weighted by Gasteiger charge is 2.10. The largest absolute Gasteiger partial charge is 0.355 e. The smallest absolute Gasteiger partial charge is 0.269 e. The van der Waals surface area contributed by atoms with E-state index in [1.165, 1.54) is 12.1 Å². The van der Waals surface area contributed by atoms with Crippen LogP contribution in [0.3, 0.4) is 0 Å². The van der Waals surface area contributed by atoms with Crippen LogP contribution in [0.5, 0.6) is 0 Å². The lowest BCUT2D eigenvalue weighted by Crippen LogP contribution is -2.19. The van der Waals surface area contributed by atoms with E-state index in [2.05, 4.69) is 10.6 Å². The van der Waals surface area contributed by atoms with Gasteiger partial charge in [0.25, 0.3) is 11.6 Å². The Morgan fingerprint density at radius 1 is 1.10 bits per heavy atom. The van der Waals surface area contributed by atoms with Crippen LogP contribution in [-0.2, 0) is 0 Å². The summed E-state index contributed by atoms with van der Waals surface area (Å²) in [5.41, 5.74) is 1.84. The van der Waals surface area contributed by atoms with Crippen LogP contribution in [0.15, 0.2) is 48.5 Å². The van der Waals surface area contributed by atoms with Crippen molar-refractivity contribution >= 4 is 23.0 Å². The Hall–Kier alpha value is -2.89. The summed E-state index contributed by atoms with van der Waals surface area (Å²) in [7, 11) is 1.56. The number of carbonyl (C=O) groups is 1. The highest BCUT2D eigenvalue weighted by atomic mass is 16.6. The van der Waals surface area contributed by atoms with Gasteiger partial charge in [0.05, 0.1) is 16.2 Å². The minimum atomic E-state index is -0.456. The van der Waals surface area contributed by atoms with Gasteiger partial charge in [0.15, 0.2) is 0 Å². The van der Waals surface area contributed by atoms with Gasteiger partial charge >= 0.3 is 0 Å². The number of nitrogens with one attached hydrogen (secondary N) is 2. The summed E-state index contributed by atoms with van der Waals surface area (Å²) < 4.78 is 0. The number of non-ortho nitro benzene ring substituents is 1. The lowest BCUT2D eigenvalue weighted by atomic mass is 10.1. The zero-order valence-corrected chi connectivity index (χ0v) is 10.8. The zero-order valence-electron chi connectivity index (χ0n) is 10.8. The molecule has 2 aromatic carbocycles. The lowest BCUT2D eigenvalue weighted by molar-refractivity contribution is -0.384. The molecule has 6 heteroatoms. The first-order chi connectivity index (χ1) is 9.61. The molecule has 2 rings (SSSR count). The van der Waals surface area contributed by atoms with E-state index in [9.17, 15) is 14.9 Å². The summed E-state index contributed by atoms with van der Waals surface area (Å²) in [5, 5.41) is 16.2. The average Bonchev–Trinajstić information content (AvgIpc) is 2.47. The lowest BCUT2D eigenvalue weighted by Gasteiger charge is -2.10. The van der Waals surface area contributed by atoms with Gasteiger partial charge in [0.2, 0.25) is 0 Å². The molecular weight excluding hydrogens is 258 g/mol. The fourth-order valence-electron chi connectivity index (χ4n) is 1.75. The van der Waals surface area contributed by atoms with Crippen LogP contribution >= 0.6 is 0 Å². The maximum Gasteiger partial charge on any atom is 0.269 e. The minimum Gasteiger partial charge on any atom is -0.355 e. The molecule has 102 valence electrons. The summed E-state index contributed by atoms with van der Waals surface area (Å²) >= 11 is 0. The van der Waals surface area contributed by atoms with Gasteiger partial charge in [-0.2, -0.15) is 0 Å². The molecule has 0 spiro atoms. The van der Waals surface area contributed by atoms with Crippen molar-refractivity contribution in [2.45, 2.75) is 0 Å². The van der Waals surface area contributed by atoms with E-state index < -0.39 is 4.92 Å². The van der Waals surface area contributed by atoms with E-state index >= 15 is 0 Å². The average molecular weight is 271 g/mol. The molecule has 0 aliphatic carbocycles. The van der Waals surface area contributed by atoms with Crippen LogP contribution in [0.25, 0.3) is 0 Å². The number of rotatable bonds is 4. The molecule has 20 heavy (non-hydrogen) atoms. The van der Waals surface area contributed by atoms with E-state index in [-0.39, 0.29) is 11.6 Å². The van der Waals surface area contributed by atoms with Crippen molar-refractivity contribution in [2.24, 2.45) is 0 Å². The number of amides is 1. The third kappa shape index (κ3) is 2.92. The molecule has 0 atom stereocenters. The number of nitro benzene ring substituents is 1. The van der Waals surface area contributed by atoms with Crippen LogP contribution in [0.4, 0.5) is 17.1 Å². The molecule has 2 aromatic rings. The number of carbonyl (C=O) groups excluding carboxylic acids is 1. The molecule has 0 saturated heterocycles. The molecule has 0 saturated carbocycles. The van der Waals surface area contributed by atoms with Crippen molar-refractivity contribution in [2.75, 3.05) is 12.4 Å². The number of anilines is 2.